The predicted octanol–water partition coefficient (Wildman–Crippen LogP) is 4.26. The monoisotopic (exact) mass is 462 g/mol. The second kappa shape index (κ2) is 10.8. The van der Waals surface area contributed by atoms with Crippen molar-refractivity contribution in [2.75, 3.05) is 29.9 Å². The maximum absolute atomic E-state index is 12.8. The summed E-state index contributed by atoms with van der Waals surface area (Å²) >= 11 is 0. The Hall–Kier alpha value is -3.29. The van der Waals surface area contributed by atoms with E-state index in [1.54, 1.807) is 6.33 Å². The van der Waals surface area contributed by atoms with Gasteiger partial charge in [-0.1, -0.05) is 25.0 Å². The first-order chi connectivity index (χ1) is 16.8. The van der Waals surface area contributed by atoms with E-state index in [4.69, 9.17) is 4.74 Å². The molecule has 3 N–H and O–H groups in total. The number of carbonyl (C=O) groups is 1. The number of benzene rings is 1. The van der Waals surface area contributed by atoms with Crippen molar-refractivity contribution >= 4 is 28.4 Å². The highest BCUT2D eigenvalue weighted by Crippen LogP contribution is 2.29. The van der Waals surface area contributed by atoms with Gasteiger partial charge in [0.1, 0.15) is 23.5 Å². The second-order valence-electron chi connectivity index (χ2n) is 9.37. The summed E-state index contributed by atoms with van der Waals surface area (Å²) in [6, 6.07) is 10.0. The van der Waals surface area contributed by atoms with Crippen molar-refractivity contribution in [3.63, 3.8) is 0 Å². The number of rotatable bonds is 7. The molecule has 0 spiro atoms. The Labute approximate surface area is 200 Å². The lowest BCUT2D eigenvalue weighted by molar-refractivity contribution is -0.120. The summed E-state index contributed by atoms with van der Waals surface area (Å²) in [5.74, 6) is 1.75. The molecule has 8 nitrogen and oxygen atoms in total. The fraction of sp³-hybridized carbons (Fsp3) is 0.500. The van der Waals surface area contributed by atoms with Gasteiger partial charge in [-0.05, 0) is 56.7 Å². The molecule has 1 aliphatic carbocycles. The average Bonchev–Trinajstić information content (AvgIpc) is 3.20. The summed E-state index contributed by atoms with van der Waals surface area (Å²) in [4.78, 5) is 27.0. The molecule has 3 heterocycles. The first-order valence-electron chi connectivity index (χ1n) is 12.6. The number of para-hydroxylation sites is 2. The number of aromatic amines is 1. The number of hydrogen-bond acceptors (Lipinski definition) is 6. The zero-order valence-electron chi connectivity index (χ0n) is 19.6. The van der Waals surface area contributed by atoms with Crippen LogP contribution < -0.4 is 20.3 Å². The van der Waals surface area contributed by atoms with E-state index < -0.39 is 0 Å². The number of anilines is 2. The number of amides is 1. The fourth-order valence-corrected chi connectivity index (χ4v) is 5.11. The summed E-state index contributed by atoms with van der Waals surface area (Å²) in [7, 11) is 0. The van der Waals surface area contributed by atoms with E-state index in [-0.39, 0.29) is 24.6 Å². The molecule has 0 bridgehead atoms. The van der Waals surface area contributed by atoms with Crippen LogP contribution in [0.2, 0.25) is 0 Å². The third kappa shape index (κ3) is 5.43. The first-order valence-corrected chi connectivity index (χ1v) is 12.6. The average molecular weight is 463 g/mol. The topological polar surface area (TPSA) is 95.2 Å². The third-order valence-corrected chi connectivity index (χ3v) is 6.84. The summed E-state index contributed by atoms with van der Waals surface area (Å²) < 4.78 is 6.32. The minimum absolute atomic E-state index is 0.00871. The predicted molar refractivity (Wildman–Crippen MR) is 134 cm³/mol. The Morgan fingerprint density at radius 3 is 2.79 bits per heavy atom. The van der Waals surface area contributed by atoms with E-state index in [1.807, 2.05) is 36.5 Å². The van der Waals surface area contributed by atoms with Crippen LogP contribution in [0.25, 0.3) is 11.0 Å². The van der Waals surface area contributed by atoms with Crippen LogP contribution in [0.4, 0.5) is 11.5 Å². The number of piperidine rings is 1. The van der Waals surface area contributed by atoms with E-state index in [9.17, 15) is 4.79 Å². The molecule has 34 heavy (non-hydrogen) atoms. The number of nitrogens with zero attached hydrogens (tertiary/aromatic N) is 3. The number of hydrogen-bond donors (Lipinski definition) is 3. The maximum Gasteiger partial charge on any atom is 0.239 e. The molecule has 2 aromatic heterocycles. The number of ether oxygens (including phenoxy) is 1. The van der Waals surface area contributed by atoms with Crippen LogP contribution in [-0.2, 0) is 4.79 Å². The van der Waals surface area contributed by atoms with Crippen LogP contribution in [0.1, 0.15) is 51.4 Å². The molecule has 2 fully saturated rings. The molecule has 2 aliphatic rings. The van der Waals surface area contributed by atoms with Crippen LogP contribution in [-0.4, -0.2) is 52.6 Å². The highest BCUT2D eigenvalue weighted by Gasteiger charge is 2.24. The number of fused-ring (bicyclic) bond motifs is 1. The summed E-state index contributed by atoms with van der Waals surface area (Å²) in [5, 5.41) is 7.52. The van der Waals surface area contributed by atoms with Gasteiger partial charge in [-0.3, -0.25) is 4.79 Å². The Morgan fingerprint density at radius 2 is 1.91 bits per heavy atom. The quantitative estimate of drug-likeness (QED) is 0.454. The first kappa shape index (κ1) is 22.5. The van der Waals surface area contributed by atoms with E-state index in [0.717, 1.165) is 67.1 Å². The summed E-state index contributed by atoms with van der Waals surface area (Å²) in [6.07, 6.45) is 13.0. The van der Waals surface area contributed by atoms with Crippen molar-refractivity contribution in [2.24, 2.45) is 0 Å². The lowest BCUT2D eigenvalue weighted by Gasteiger charge is -2.34. The Balaban J connectivity index is 1.16. The standard InChI is InChI=1S/C26H34N6O2/c33-24(16-28-22-11-5-6-12-23(22)34-20-9-3-1-2-4-10-20)31-19-8-7-15-32(17-19)26-21-13-14-27-25(21)29-18-30-26/h5-6,11-14,18-20,28H,1-4,7-10,15-17H2,(H,31,33)(H,27,29,30)/t19-/m1/s1. The molecule has 1 aliphatic heterocycles. The molecule has 1 amide bonds. The van der Waals surface area contributed by atoms with E-state index in [0.29, 0.717) is 0 Å². The van der Waals surface area contributed by atoms with Crippen LogP contribution in [0.15, 0.2) is 42.9 Å². The molecule has 1 aromatic carbocycles. The van der Waals surface area contributed by atoms with Crippen LogP contribution in [0.3, 0.4) is 0 Å². The summed E-state index contributed by atoms with van der Waals surface area (Å²) in [6.45, 7) is 1.88. The van der Waals surface area contributed by atoms with Crippen LogP contribution >= 0.6 is 0 Å². The van der Waals surface area contributed by atoms with Gasteiger partial charge in [-0.2, -0.15) is 0 Å². The van der Waals surface area contributed by atoms with Crippen molar-refractivity contribution < 1.29 is 9.53 Å². The maximum atomic E-state index is 12.8. The summed E-state index contributed by atoms with van der Waals surface area (Å²) in [5.41, 5.74) is 1.72. The van der Waals surface area contributed by atoms with E-state index in [1.165, 1.54) is 25.7 Å². The number of nitrogens with one attached hydrogen (secondary N) is 3. The largest absolute Gasteiger partial charge is 0.488 e. The van der Waals surface area contributed by atoms with Gasteiger partial charge in [0.25, 0.3) is 0 Å². The smallest absolute Gasteiger partial charge is 0.239 e. The van der Waals surface area contributed by atoms with Gasteiger partial charge >= 0.3 is 0 Å². The number of carbonyl (C=O) groups excluding carboxylic acids is 1. The van der Waals surface area contributed by atoms with Gasteiger partial charge in [-0.25, -0.2) is 9.97 Å². The lowest BCUT2D eigenvalue weighted by Crippen LogP contribution is -2.49. The SMILES string of the molecule is O=C(CNc1ccccc1OC1CCCCCC1)N[C@@H]1CCCN(c2ncnc3[nH]ccc23)C1. The Bertz CT molecular complexity index is 1090. The minimum Gasteiger partial charge on any atom is -0.488 e. The van der Waals surface area contributed by atoms with Crippen LogP contribution in [0, 0.1) is 0 Å². The van der Waals surface area contributed by atoms with Crippen molar-refractivity contribution in [3.05, 3.63) is 42.9 Å². The molecular weight excluding hydrogens is 428 g/mol. The molecule has 0 radical (unpaired) electrons. The Kier molecular flexibility index (Phi) is 7.12. The van der Waals surface area contributed by atoms with Crippen molar-refractivity contribution in [2.45, 2.75) is 63.5 Å². The molecule has 180 valence electrons. The molecule has 1 saturated heterocycles. The normalized spacial score (nSPS) is 19.5. The van der Waals surface area contributed by atoms with Crippen molar-refractivity contribution in [3.8, 4) is 5.75 Å². The zero-order chi connectivity index (χ0) is 23.2. The van der Waals surface area contributed by atoms with Crippen LogP contribution in [0.5, 0.6) is 5.75 Å². The number of H-pyrrole nitrogens is 1. The van der Waals surface area contributed by atoms with Gasteiger partial charge < -0.3 is 25.3 Å². The molecule has 5 rings (SSSR count). The van der Waals surface area contributed by atoms with Gasteiger partial charge in [0, 0.05) is 25.3 Å². The van der Waals surface area contributed by atoms with Gasteiger partial charge in [0.15, 0.2) is 0 Å². The number of aromatic nitrogens is 3. The lowest BCUT2D eigenvalue weighted by atomic mass is 10.1. The minimum atomic E-state index is -0.00871. The third-order valence-electron chi connectivity index (χ3n) is 6.84. The Morgan fingerprint density at radius 1 is 1.06 bits per heavy atom. The van der Waals surface area contributed by atoms with Crippen molar-refractivity contribution in [1.29, 1.82) is 0 Å². The van der Waals surface area contributed by atoms with E-state index >= 15 is 0 Å². The molecule has 3 aromatic rings. The van der Waals surface area contributed by atoms with Gasteiger partial charge in [-0.15, -0.1) is 0 Å². The van der Waals surface area contributed by atoms with E-state index in [2.05, 4.69) is 30.5 Å². The zero-order valence-corrected chi connectivity index (χ0v) is 19.6. The fourth-order valence-electron chi connectivity index (χ4n) is 5.11. The van der Waals surface area contributed by atoms with Gasteiger partial charge in [0.05, 0.1) is 23.7 Å². The molecule has 1 atom stereocenters. The van der Waals surface area contributed by atoms with Crippen molar-refractivity contribution in [1.82, 2.24) is 20.3 Å². The molecule has 0 unspecified atom stereocenters. The molecule has 8 heteroatoms. The molecule has 1 saturated carbocycles. The second-order valence-corrected chi connectivity index (χ2v) is 9.37. The highest BCUT2D eigenvalue weighted by atomic mass is 16.5. The molecular formula is C26H34N6O2. The highest BCUT2D eigenvalue weighted by molar-refractivity contribution is 5.87. The van der Waals surface area contributed by atoms with Gasteiger partial charge in [0.2, 0.25) is 5.91 Å².